The summed E-state index contributed by atoms with van der Waals surface area (Å²) in [7, 11) is 0. The topological polar surface area (TPSA) is 117 Å². The summed E-state index contributed by atoms with van der Waals surface area (Å²) in [5, 5.41) is 0. The summed E-state index contributed by atoms with van der Waals surface area (Å²) in [6.07, 6.45) is -1.51. The minimum Gasteiger partial charge on any atom is -0.462 e. The van der Waals surface area contributed by atoms with E-state index in [9.17, 15) is 19.2 Å². The quantitative estimate of drug-likeness (QED) is 0.593. The maximum atomic E-state index is 12.4. The third-order valence-electron chi connectivity index (χ3n) is 4.27. The van der Waals surface area contributed by atoms with Crippen molar-refractivity contribution in [3.63, 3.8) is 0 Å². The Bertz CT molecular complexity index is 914. The van der Waals surface area contributed by atoms with E-state index in [0.717, 1.165) is 4.57 Å². The molecule has 1 aliphatic rings. The van der Waals surface area contributed by atoms with Gasteiger partial charge < -0.3 is 14.2 Å². The Labute approximate surface area is 168 Å². The molecule has 1 aromatic heterocycles. The Morgan fingerprint density at radius 3 is 2.24 bits per heavy atom. The molecule has 0 amide bonds. The summed E-state index contributed by atoms with van der Waals surface area (Å²) in [6, 6.07) is 1.17. The normalized spacial score (nSPS) is 22.4. The second kappa shape index (κ2) is 7.98. The third-order valence-corrected chi connectivity index (χ3v) is 4.27. The van der Waals surface area contributed by atoms with Crippen LogP contribution in [0.25, 0.3) is 0 Å². The van der Waals surface area contributed by atoms with Gasteiger partial charge in [0.25, 0.3) is 5.56 Å². The van der Waals surface area contributed by atoms with E-state index < -0.39 is 52.5 Å². The average Bonchev–Trinajstić information content (AvgIpc) is 2.87. The van der Waals surface area contributed by atoms with E-state index in [1.54, 1.807) is 41.5 Å². The number of ether oxygens (including phenoxy) is 3. The lowest BCUT2D eigenvalue weighted by Crippen LogP contribution is -2.37. The lowest BCUT2D eigenvalue weighted by molar-refractivity contribution is -0.167. The van der Waals surface area contributed by atoms with Gasteiger partial charge in [0.05, 0.1) is 10.8 Å². The number of carbonyl (C=O) groups is 2. The Balaban J connectivity index is 2.31. The number of nitrogens with zero attached hydrogens (tertiary/aromatic N) is 1. The molecule has 2 rings (SSSR count). The number of hydrogen-bond donors (Lipinski definition) is 1. The number of rotatable bonds is 4. The van der Waals surface area contributed by atoms with Crippen LogP contribution in [0.3, 0.4) is 0 Å². The van der Waals surface area contributed by atoms with Crippen molar-refractivity contribution in [2.24, 2.45) is 10.8 Å². The van der Waals surface area contributed by atoms with Crippen LogP contribution < -0.4 is 11.2 Å². The first-order chi connectivity index (χ1) is 13.2. The molecule has 1 aromatic rings. The van der Waals surface area contributed by atoms with Crippen LogP contribution in [0, 0.1) is 10.8 Å². The molecule has 0 aliphatic carbocycles. The van der Waals surface area contributed by atoms with Gasteiger partial charge in [-0.2, -0.15) is 0 Å². The monoisotopic (exact) mass is 408 g/mol. The maximum absolute atomic E-state index is 12.4. The van der Waals surface area contributed by atoms with Crippen molar-refractivity contribution in [1.29, 1.82) is 0 Å². The van der Waals surface area contributed by atoms with Gasteiger partial charge in [-0.3, -0.25) is 23.9 Å². The molecular weight excluding hydrogens is 380 g/mol. The lowest BCUT2D eigenvalue weighted by atomic mass is 9.97. The smallest absolute Gasteiger partial charge is 0.330 e. The molecule has 1 N–H and O–H groups in total. The second-order valence-electron chi connectivity index (χ2n) is 9.04. The summed E-state index contributed by atoms with van der Waals surface area (Å²) in [5.74, 6) is -0.939. The minimum absolute atomic E-state index is 0.189. The zero-order chi connectivity index (χ0) is 22.1. The van der Waals surface area contributed by atoms with Crippen LogP contribution in [-0.2, 0) is 23.8 Å². The zero-order valence-electron chi connectivity index (χ0n) is 17.6. The van der Waals surface area contributed by atoms with Crippen LogP contribution in [0.2, 0.25) is 0 Å². The Morgan fingerprint density at radius 2 is 1.72 bits per heavy atom. The Morgan fingerprint density at radius 1 is 1.14 bits per heavy atom. The molecule has 2 heterocycles. The molecule has 0 radical (unpaired) electrons. The molecule has 3 atom stereocenters. The first-order valence-electron chi connectivity index (χ1n) is 9.26. The fourth-order valence-electron chi connectivity index (χ4n) is 2.50. The molecule has 1 saturated heterocycles. The molecule has 0 saturated carbocycles. The molecule has 1 fully saturated rings. The zero-order valence-corrected chi connectivity index (χ0v) is 17.6. The highest BCUT2D eigenvalue weighted by Crippen LogP contribution is 2.36. The number of hydrogen-bond acceptors (Lipinski definition) is 7. The van der Waals surface area contributed by atoms with Gasteiger partial charge in [0.1, 0.15) is 12.7 Å². The van der Waals surface area contributed by atoms with Crippen molar-refractivity contribution in [3.8, 4) is 0 Å². The van der Waals surface area contributed by atoms with Gasteiger partial charge in [0.15, 0.2) is 12.3 Å². The van der Waals surface area contributed by atoms with Crippen LogP contribution >= 0.6 is 0 Å². The van der Waals surface area contributed by atoms with Crippen molar-refractivity contribution in [2.45, 2.75) is 60.0 Å². The highest BCUT2D eigenvalue weighted by atomic mass is 16.6. The van der Waals surface area contributed by atoms with E-state index >= 15 is 0 Å². The molecule has 1 aliphatic heterocycles. The summed E-state index contributed by atoms with van der Waals surface area (Å²) < 4.78 is 17.9. The number of esters is 2. The summed E-state index contributed by atoms with van der Waals surface area (Å²) in [4.78, 5) is 50.2. The molecule has 0 aromatic carbocycles. The predicted molar refractivity (Wildman–Crippen MR) is 104 cm³/mol. The number of aromatic amines is 1. The maximum Gasteiger partial charge on any atom is 0.330 e. The van der Waals surface area contributed by atoms with Gasteiger partial charge in [-0.1, -0.05) is 6.58 Å². The Hall–Kier alpha value is -2.68. The highest BCUT2D eigenvalue weighted by molar-refractivity contribution is 5.76. The lowest BCUT2D eigenvalue weighted by Gasteiger charge is -2.25. The first-order valence-corrected chi connectivity index (χ1v) is 9.26. The van der Waals surface area contributed by atoms with Crippen LogP contribution in [0.1, 0.15) is 47.8 Å². The molecule has 0 spiro atoms. The van der Waals surface area contributed by atoms with Crippen molar-refractivity contribution in [1.82, 2.24) is 9.55 Å². The third kappa shape index (κ3) is 5.23. The van der Waals surface area contributed by atoms with Gasteiger partial charge in [-0.25, -0.2) is 4.79 Å². The van der Waals surface area contributed by atoms with Crippen molar-refractivity contribution < 1.29 is 23.8 Å². The van der Waals surface area contributed by atoms with Gasteiger partial charge in [0.2, 0.25) is 0 Å². The highest BCUT2D eigenvalue weighted by Gasteiger charge is 2.45. The average molecular weight is 408 g/mol. The van der Waals surface area contributed by atoms with E-state index in [1.807, 2.05) is 0 Å². The van der Waals surface area contributed by atoms with Crippen LogP contribution in [0.15, 0.2) is 34.0 Å². The minimum atomic E-state index is -0.990. The Kier molecular flexibility index (Phi) is 6.22. The molecule has 29 heavy (non-hydrogen) atoms. The van der Waals surface area contributed by atoms with E-state index in [2.05, 4.69) is 11.6 Å². The molecule has 9 nitrogen and oxygen atoms in total. The van der Waals surface area contributed by atoms with Crippen LogP contribution in [0.5, 0.6) is 0 Å². The number of aromatic nitrogens is 2. The number of nitrogens with one attached hydrogen (secondary N) is 1. The fourth-order valence-corrected chi connectivity index (χ4v) is 2.50. The van der Waals surface area contributed by atoms with Gasteiger partial charge in [0, 0.05) is 17.8 Å². The second-order valence-corrected chi connectivity index (χ2v) is 9.04. The predicted octanol–water partition coefficient (Wildman–Crippen LogP) is 1.54. The van der Waals surface area contributed by atoms with Crippen molar-refractivity contribution >= 4 is 11.9 Å². The fraction of sp³-hybridized carbons (Fsp3) is 0.600. The molecule has 160 valence electrons. The van der Waals surface area contributed by atoms with Crippen molar-refractivity contribution in [2.75, 3.05) is 6.61 Å². The van der Waals surface area contributed by atoms with Crippen LogP contribution in [-0.4, -0.2) is 40.3 Å². The molecule has 0 bridgehead atoms. The van der Waals surface area contributed by atoms with Gasteiger partial charge >= 0.3 is 17.6 Å². The van der Waals surface area contributed by atoms with Gasteiger partial charge in [-0.05, 0) is 41.5 Å². The van der Waals surface area contributed by atoms with E-state index in [-0.39, 0.29) is 6.61 Å². The van der Waals surface area contributed by atoms with Crippen LogP contribution in [0.4, 0.5) is 0 Å². The standard InChI is InChI=1S/C20H28N2O7/c1-11-14(29-17(25)20(5,6)7)12(10-27-16(24)19(2,3)4)28-15(11)22-9-8-13(23)21-18(22)26/h8-9,12,14-15H,1,10H2,2-7H3,(H,21,23,26)/t12-,14+,15-/m1/s1. The van der Waals surface area contributed by atoms with E-state index in [4.69, 9.17) is 14.2 Å². The van der Waals surface area contributed by atoms with Crippen molar-refractivity contribution in [3.05, 3.63) is 45.3 Å². The summed E-state index contributed by atoms with van der Waals surface area (Å²) in [5.41, 5.74) is -2.45. The first kappa shape index (κ1) is 22.6. The summed E-state index contributed by atoms with van der Waals surface area (Å²) in [6.45, 7) is 14.0. The molecular formula is C20H28N2O7. The number of H-pyrrole nitrogens is 1. The van der Waals surface area contributed by atoms with Gasteiger partial charge in [-0.15, -0.1) is 0 Å². The molecule has 9 heteroatoms. The summed E-state index contributed by atoms with van der Waals surface area (Å²) >= 11 is 0. The largest absolute Gasteiger partial charge is 0.462 e. The SMILES string of the molecule is C=C1[C@H](n2ccc(=O)[nH]c2=O)O[C@H](COC(=O)C(C)(C)C)[C@H]1OC(=O)C(C)(C)C. The number of carbonyl (C=O) groups excluding carboxylic acids is 2. The van der Waals surface area contributed by atoms with E-state index in [1.165, 1.54) is 12.3 Å². The molecule has 0 unspecified atom stereocenters. The van der Waals surface area contributed by atoms with E-state index in [0.29, 0.717) is 5.57 Å².